The number of aromatic nitrogens is 2. The molecule has 1 aliphatic carbocycles. The highest BCUT2D eigenvalue weighted by molar-refractivity contribution is 7.17. The molecule has 3 aliphatic rings. The predicted molar refractivity (Wildman–Crippen MR) is 128 cm³/mol. The van der Waals surface area contributed by atoms with Gasteiger partial charge in [0.05, 0.1) is 10.3 Å². The largest absolute Gasteiger partial charge is 0.366 e. The molecule has 0 aromatic carbocycles. The molecule has 2 aromatic rings. The highest BCUT2D eigenvalue weighted by Gasteiger charge is 2.53. The van der Waals surface area contributed by atoms with E-state index in [2.05, 4.69) is 15.3 Å². The van der Waals surface area contributed by atoms with Crippen molar-refractivity contribution in [2.45, 2.75) is 62.6 Å². The summed E-state index contributed by atoms with van der Waals surface area (Å²) >= 11 is 7.67. The predicted octanol–water partition coefficient (Wildman–Crippen LogP) is 2.98. The fraction of sp³-hybridized carbons (Fsp3) is 0.542. The fourth-order valence-electron chi connectivity index (χ4n) is 5.18. The van der Waals surface area contributed by atoms with Crippen LogP contribution in [0.1, 0.15) is 47.6 Å². The van der Waals surface area contributed by atoms with Crippen LogP contribution < -0.4 is 5.32 Å². The van der Waals surface area contributed by atoms with Crippen molar-refractivity contribution in [2.24, 2.45) is 5.92 Å². The van der Waals surface area contributed by atoms with Gasteiger partial charge in [-0.15, -0.1) is 22.9 Å². The van der Waals surface area contributed by atoms with Crippen molar-refractivity contribution in [1.29, 1.82) is 0 Å². The number of alkyl halides is 1. The maximum Gasteiger partial charge on any atom is 0.280 e. The maximum absolute atomic E-state index is 13.7. The highest BCUT2D eigenvalue weighted by atomic mass is 35.5. The lowest BCUT2D eigenvalue weighted by Gasteiger charge is -2.34. The SMILES string of the molecule is Cc1ccc(-c2cnc(C(=O)NC(C(=O)N3CC(Cl)C4OCC(=O)C43)C3CCCCC3)s2)cn1. The number of nitrogens with one attached hydrogen (secondary N) is 1. The molecule has 3 fully saturated rings. The Balaban J connectivity index is 1.36. The van der Waals surface area contributed by atoms with Crippen molar-refractivity contribution in [2.75, 3.05) is 13.2 Å². The Kier molecular flexibility index (Phi) is 6.68. The van der Waals surface area contributed by atoms with Gasteiger partial charge in [-0.2, -0.15) is 0 Å². The number of halogens is 1. The molecule has 2 amide bonds. The Morgan fingerprint density at radius 1 is 1.21 bits per heavy atom. The van der Waals surface area contributed by atoms with Crippen LogP contribution in [0.5, 0.6) is 0 Å². The van der Waals surface area contributed by atoms with E-state index in [1.165, 1.54) is 16.2 Å². The summed E-state index contributed by atoms with van der Waals surface area (Å²) < 4.78 is 5.53. The summed E-state index contributed by atoms with van der Waals surface area (Å²) in [6.07, 6.45) is 7.78. The normalized spacial score (nSPS) is 25.9. The van der Waals surface area contributed by atoms with Crippen LogP contribution in [-0.4, -0.2) is 69.2 Å². The monoisotopic (exact) mass is 502 g/mol. The minimum atomic E-state index is -0.725. The van der Waals surface area contributed by atoms with Gasteiger partial charge in [0.2, 0.25) is 5.91 Å². The van der Waals surface area contributed by atoms with Gasteiger partial charge in [-0.05, 0) is 31.7 Å². The van der Waals surface area contributed by atoms with Gasteiger partial charge in [-0.25, -0.2) is 4.98 Å². The molecule has 5 rings (SSSR count). The number of hydrogen-bond donors (Lipinski definition) is 1. The second-order valence-corrected chi connectivity index (χ2v) is 10.9. The van der Waals surface area contributed by atoms with Crippen molar-refractivity contribution in [3.63, 3.8) is 0 Å². The number of carbonyl (C=O) groups excluding carboxylic acids is 3. The standard InChI is InChI=1S/C24H27ClN4O4S/c1-13-7-8-15(9-26-13)18-10-27-23(34-18)22(31)28-19(14-5-3-2-4-6-14)24(32)29-11-16(25)21-20(29)17(30)12-33-21/h7-10,14,16,19-21H,2-6,11-12H2,1H3,(H,28,31). The van der Waals surface area contributed by atoms with Crippen molar-refractivity contribution in [1.82, 2.24) is 20.2 Å². The molecule has 4 atom stereocenters. The Morgan fingerprint density at radius 2 is 2.00 bits per heavy atom. The number of Topliss-reactive ketones (excluding diaryl/α,β-unsaturated/α-hetero) is 1. The van der Waals surface area contributed by atoms with Crippen LogP contribution in [0.25, 0.3) is 10.4 Å². The first-order chi connectivity index (χ1) is 16.4. The maximum atomic E-state index is 13.7. The molecule has 180 valence electrons. The third kappa shape index (κ3) is 4.48. The van der Waals surface area contributed by atoms with Gasteiger partial charge in [-0.1, -0.05) is 25.3 Å². The zero-order chi connectivity index (χ0) is 23.8. The van der Waals surface area contributed by atoms with Gasteiger partial charge in [-0.3, -0.25) is 19.4 Å². The highest BCUT2D eigenvalue weighted by Crippen LogP contribution is 2.34. The second kappa shape index (κ2) is 9.71. The van der Waals surface area contributed by atoms with Crippen molar-refractivity contribution < 1.29 is 19.1 Å². The van der Waals surface area contributed by atoms with E-state index in [1.54, 1.807) is 12.4 Å². The molecule has 4 unspecified atom stereocenters. The summed E-state index contributed by atoms with van der Waals surface area (Å²) in [7, 11) is 0. The number of ether oxygens (including phenoxy) is 1. The van der Waals surface area contributed by atoms with Gasteiger partial charge >= 0.3 is 0 Å². The lowest BCUT2D eigenvalue weighted by molar-refractivity contribution is -0.139. The molecular formula is C24H27ClN4O4S. The number of nitrogens with zero attached hydrogens (tertiary/aromatic N) is 3. The Bertz CT molecular complexity index is 1080. The van der Waals surface area contributed by atoms with Gasteiger partial charge in [0, 0.05) is 30.2 Å². The summed E-state index contributed by atoms with van der Waals surface area (Å²) in [5.41, 5.74) is 1.80. The van der Waals surface area contributed by atoms with E-state index in [0.29, 0.717) is 5.01 Å². The first kappa shape index (κ1) is 23.4. The number of likely N-dealkylation sites (tertiary alicyclic amines) is 1. The number of thiazole rings is 1. The van der Waals surface area contributed by atoms with Gasteiger partial charge in [0.1, 0.15) is 24.8 Å². The molecule has 8 nitrogen and oxygen atoms in total. The molecule has 4 heterocycles. The van der Waals surface area contributed by atoms with Crippen LogP contribution >= 0.6 is 22.9 Å². The Labute approximate surface area is 207 Å². The molecule has 1 saturated carbocycles. The van der Waals surface area contributed by atoms with E-state index in [0.717, 1.165) is 48.2 Å². The number of ketones is 1. The van der Waals surface area contributed by atoms with E-state index in [-0.39, 0.29) is 36.7 Å². The molecular weight excluding hydrogens is 476 g/mol. The molecule has 2 aliphatic heterocycles. The molecule has 1 N–H and O–H groups in total. The number of aryl methyl sites for hydroxylation is 1. The number of fused-ring (bicyclic) bond motifs is 1. The van der Waals surface area contributed by atoms with E-state index < -0.39 is 23.6 Å². The van der Waals surface area contributed by atoms with Crippen LogP contribution in [0, 0.1) is 12.8 Å². The lowest BCUT2D eigenvalue weighted by Crippen LogP contribution is -2.55. The quantitative estimate of drug-likeness (QED) is 0.631. The summed E-state index contributed by atoms with van der Waals surface area (Å²) in [4.78, 5) is 50.3. The summed E-state index contributed by atoms with van der Waals surface area (Å²) in [5, 5.41) is 2.82. The number of carbonyl (C=O) groups is 3. The number of pyridine rings is 1. The molecule has 34 heavy (non-hydrogen) atoms. The van der Waals surface area contributed by atoms with Crippen molar-refractivity contribution in [3.05, 3.63) is 35.2 Å². The minimum Gasteiger partial charge on any atom is -0.366 e. The number of rotatable bonds is 5. The second-order valence-electron chi connectivity index (χ2n) is 9.26. The van der Waals surface area contributed by atoms with E-state index in [1.807, 2.05) is 19.1 Å². The van der Waals surface area contributed by atoms with E-state index in [9.17, 15) is 14.4 Å². The van der Waals surface area contributed by atoms with E-state index in [4.69, 9.17) is 16.3 Å². The smallest absolute Gasteiger partial charge is 0.280 e. The number of hydrogen-bond acceptors (Lipinski definition) is 7. The summed E-state index contributed by atoms with van der Waals surface area (Å²) in [6.45, 7) is 2.12. The Hall–Kier alpha value is -2.36. The van der Waals surface area contributed by atoms with Crippen molar-refractivity contribution >= 4 is 40.5 Å². The third-order valence-electron chi connectivity index (χ3n) is 6.98. The van der Waals surface area contributed by atoms with Gasteiger partial charge in [0.15, 0.2) is 10.8 Å². The van der Waals surface area contributed by atoms with Crippen molar-refractivity contribution in [3.8, 4) is 10.4 Å². The van der Waals surface area contributed by atoms with Gasteiger partial charge in [0.25, 0.3) is 5.91 Å². The molecule has 0 bridgehead atoms. The zero-order valence-corrected chi connectivity index (χ0v) is 20.5. The molecule has 10 heteroatoms. The van der Waals surface area contributed by atoms with Crippen LogP contribution in [0.3, 0.4) is 0 Å². The average Bonchev–Trinajstić information content (AvgIpc) is 3.56. The van der Waals surface area contributed by atoms with Crippen LogP contribution in [-0.2, 0) is 14.3 Å². The fourth-order valence-corrected chi connectivity index (χ4v) is 6.35. The van der Waals surface area contributed by atoms with Gasteiger partial charge < -0.3 is 15.0 Å². The zero-order valence-electron chi connectivity index (χ0n) is 18.9. The Morgan fingerprint density at radius 3 is 2.74 bits per heavy atom. The van der Waals surface area contributed by atoms with E-state index >= 15 is 0 Å². The van der Waals surface area contributed by atoms with Crippen LogP contribution in [0.4, 0.5) is 0 Å². The topological polar surface area (TPSA) is 101 Å². The average molecular weight is 503 g/mol. The van der Waals surface area contributed by atoms with Crippen LogP contribution in [0.15, 0.2) is 24.5 Å². The molecule has 2 aromatic heterocycles. The third-order valence-corrected chi connectivity index (χ3v) is 8.41. The summed E-state index contributed by atoms with van der Waals surface area (Å²) in [6, 6.07) is 2.46. The number of amides is 2. The van der Waals surface area contributed by atoms with Crippen LogP contribution in [0.2, 0.25) is 0 Å². The molecule has 2 saturated heterocycles. The molecule has 0 radical (unpaired) electrons. The molecule has 0 spiro atoms. The first-order valence-electron chi connectivity index (χ1n) is 11.7. The lowest BCUT2D eigenvalue weighted by atomic mass is 9.83. The first-order valence-corrected chi connectivity index (χ1v) is 13.0. The summed E-state index contributed by atoms with van der Waals surface area (Å²) in [5.74, 6) is -0.758. The minimum absolute atomic E-state index is 0.0104.